The first kappa shape index (κ1) is 17.2. The predicted octanol–water partition coefficient (Wildman–Crippen LogP) is 4.14. The van der Waals surface area contributed by atoms with Crippen LogP contribution in [0.1, 0.15) is 58.3 Å². The van der Waals surface area contributed by atoms with Crippen molar-refractivity contribution in [1.82, 2.24) is 0 Å². The Kier molecular flexibility index (Phi) is 7.51. The van der Waals surface area contributed by atoms with Crippen LogP contribution in [0.2, 0.25) is 0 Å². The van der Waals surface area contributed by atoms with Crippen LogP contribution in [0.4, 0.5) is 0 Å². The topological polar surface area (TPSA) is 63.6 Å². The number of allylic oxidation sites excluding steroid dienone is 2. The summed E-state index contributed by atoms with van der Waals surface area (Å²) in [7, 11) is 0. The second-order valence-electron chi connectivity index (χ2n) is 5.17. The van der Waals surface area contributed by atoms with E-state index in [-0.39, 0.29) is 23.5 Å². The monoisotopic (exact) mass is 292 g/mol. The molecule has 0 fully saturated rings. The fourth-order valence-corrected chi connectivity index (χ4v) is 2.12. The molecule has 0 saturated carbocycles. The fraction of sp³-hybridized carbons (Fsp3) is 0.529. The number of aliphatic hydroxyl groups excluding tert-OH is 1. The SMILES string of the molecule is C=C1OC(=O)C(C(=O)CCC/C=C\CCCCCC)=C1O. The molecule has 0 aromatic carbocycles. The van der Waals surface area contributed by atoms with Crippen LogP contribution in [0.15, 0.2) is 35.8 Å². The third-order valence-corrected chi connectivity index (χ3v) is 3.37. The third kappa shape index (κ3) is 5.58. The molecular formula is C17H24O4. The maximum atomic E-state index is 11.8. The quantitative estimate of drug-likeness (QED) is 0.284. The molecule has 21 heavy (non-hydrogen) atoms. The van der Waals surface area contributed by atoms with Gasteiger partial charge in [-0.3, -0.25) is 4.79 Å². The van der Waals surface area contributed by atoms with E-state index in [1.807, 2.05) is 0 Å². The number of hydrogen-bond donors (Lipinski definition) is 1. The van der Waals surface area contributed by atoms with Gasteiger partial charge in [0.15, 0.2) is 17.3 Å². The molecule has 4 heteroatoms. The number of aliphatic hydroxyl groups is 1. The van der Waals surface area contributed by atoms with Gasteiger partial charge in [-0.1, -0.05) is 44.9 Å². The molecular weight excluding hydrogens is 268 g/mol. The number of ketones is 1. The number of carbonyl (C=O) groups excluding carboxylic acids is 2. The van der Waals surface area contributed by atoms with Crippen LogP contribution in [0.5, 0.6) is 0 Å². The van der Waals surface area contributed by atoms with E-state index < -0.39 is 11.7 Å². The summed E-state index contributed by atoms with van der Waals surface area (Å²) in [5, 5.41) is 9.54. The van der Waals surface area contributed by atoms with Crippen molar-refractivity contribution in [2.24, 2.45) is 0 Å². The van der Waals surface area contributed by atoms with Crippen LogP contribution in [-0.4, -0.2) is 16.9 Å². The highest BCUT2D eigenvalue weighted by atomic mass is 16.6. The lowest BCUT2D eigenvalue weighted by atomic mass is 10.0. The Bertz CT molecular complexity index is 457. The summed E-state index contributed by atoms with van der Waals surface area (Å²) in [6.07, 6.45) is 11.9. The molecule has 0 bridgehead atoms. The van der Waals surface area contributed by atoms with E-state index in [0.29, 0.717) is 6.42 Å². The molecule has 0 unspecified atom stereocenters. The zero-order chi connectivity index (χ0) is 15.7. The van der Waals surface area contributed by atoms with E-state index in [2.05, 4.69) is 30.4 Å². The third-order valence-electron chi connectivity index (χ3n) is 3.37. The van der Waals surface area contributed by atoms with Crippen molar-refractivity contribution in [3.63, 3.8) is 0 Å². The summed E-state index contributed by atoms with van der Waals surface area (Å²) in [5.41, 5.74) is -0.261. The van der Waals surface area contributed by atoms with Gasteiger partial charge in [-0.2, -0.15) is 0 Å². The van der Waals surface area contributed by atoms with Gasteiger partial charge in [-0.05, 0) is 25.7 Å². The summed E-state index contributed by atoms with van der Waals surface area (Å²) in [4.78, 5) is 23.2. The van der Waals surface area contributed by atoms with Crippen molar-refractivity contribution < 1.29 is 19.4 Å². The van der Waals surface area contributed by atoms with Gasteiger partial charge in [0.1, 0.15) is 5.57 Å². The van der Waals surface area contributed by atoms with Crippen LogP contribution in [0, 0.1) is 0 Å². The van der Waals surface area contributed by atoms with Crippen molar-refractivity contribution >= 4 is 11.8 Å². The number of unbranched alkanes of at least 4 members (excludes halogenated alkanes) is 5. The summed E-state index contributed by atoms with van der Waals surface area (Å²) >= 11 is 0. The largest absolute Gasteiger partial charge is 0.504 e. The molecule has 1 aliphatic heterocycles. The van der Waals surface area contributed by atoms with E-state index in [4.69, 9.17) is 0 Å². The summed E-state index contributed by atoms with van der Waals surface area (Å²) < 4.78 is 4.61. The highest BCUT2D eigenvalue weighted by Crippen LogP contribution is 2.24. The number of ether oxygens (including phenoxy) is 1. The second-order valence-corrected chi connectivity index (χ2v) is 5.17. The molecule has 0 radical (unpaired) electrons. The van der Waals surface area contributed by atoms with Gasteiger partial charge in [0, 0.05) is 6.42 Å². The maximum Gasteiger partial charge on any atom is 0.351 e. The van der Waals surface area contributed by atoms with Gasteiger partial charge in [0.25, 0.3) is 0 Å². The Morgan fingerprint density at radius 1 is 1.19 bits per heavy atom. The molecule has 116 valence electrons. The van der Waals surface area contributed by atoms with Crippen LogP contribution < -0.4 is 0 Å². The van der Waals surface area contributed by atoms with E-state index >= 15 is 0 Å². The first-order valence-electron chi connectivity index (χ1n) is 7.60. The van der Waals surface area contributed by atoms with Gasteiger partial charge >= 0.3 is 5.97 Å². The molecule has 0 atom stereocenters. The molecule has 0 aliphatic carbocycles. The highest BCUT2D eigenvalue weighted by molar-refractivity contribution is 6.19. The van der Waals surface area contributed by atoms with Gasteiger partial charge in [-0.15, -0.1) is 0 Å². The minimum atomic E-state index is -0.797. The Hall–Kier alpha value is -1.84. The lowest BCUT2D eigenvalue weighted by molar-refractivity contribution is -0.134. The molecule has 1 aliphatic rings. The van der Waals surface area contributed by atoms with Crippen molar-refractivity contribution in [1.29, 1.82) is 0 Å². The van der Waals surface area contributed by atoms with Crippen LogP contribution in [-0.2, 0) is 14.3 Å². The molecule has 0 amide bonds. The average Bonchev–Trinajstić information content (AvgIpc) is 2.70. The standard InChI is InChI=1S/C17H24O4/c1-3-4-5-6-7-8-9-10-11-12-14(18)15-16(19)13(2)21-17(15)20/h8-9,19H,2-7,10-12H2,1H3/b9-8-. The van der Waals surface area contributed by atoms with Crippen molar-refractivity contribution in [2.45, 2.75) is 58.3 Å². The first-order valence-corrected chi connectivity index (χ1v) is 7.60. The Labute approximate surface area is 126 Å². The lowest BCUT2D eigenvalue weighted by Crippen LogP contribution is -2.10. The Morgan fingerprint density at radius 2 is 1.86 bits per heavy atom. The molecule has 1 rings (SSSR count). The number of cyclic esters (lactones) is 1. The van der Waals surface area contributed by atoms with E-state index in [1.54, 1.807) is 0 Å². The minimum absolute atomic E-state index is 0.143. The van der Waals surface area contributed by atoms with Crippen molar-refractivity contribution in [3.8, 4) is 0 Å². The number of rotatable bonds is 10. The second kappa shape index (κ2) is 9.16. The molecule has 1 heterocycles. The summed E-state index contributed by atoms with van der Waals surface area (Å²) in [6.45, 7) is 5.55. The number of Topliss-reactive ketones (excluding diaryl/α,β-unsaturated/α-hetero) is 1. The van der Waals surface area contributed by atoms with Crippen LogP contribution in [0.3, 0.4) is 0 Å². The molecule has 0 spiro atoms. The average molecular weight is 292 g/mol. The van der Waals surface area contributed by atoms with E-state index in [0.717, 1.165) is 12.8 Å². The van der Waals surface area contributed by atoms with Gasteiger partial charge in [0.2, 0.25) is 0 Å². The number of esters is 1. The zero-order valence-electron chi connectivity index (χ0n) is 12.7. The fourth-order valence-electron chi connectivity index (χ4n) is 2.12. The summed E-state index contributed by atoms with van der Waals surface area (Å²) in [6, 6.07) is 0. The van der Waals surface area contributed by atoms with Gasteiger partial charge < -0.3 is 9.84 Å². The minimum Gasteiger partial charge on any atom is -0.504 e. The maximum absolute atomic E-state index is 11.8. The molecule has 0 aromatic rings. The van der Waals surface area contributed by atoms with Gasteiger partial charge in [-0.25, -0.2) is 4.79 Å². The highest BCUT2D eigenvalue weighted by Gasteiger charge is 2.33. The molecule has 4 nitrogen and oxygen atoms in total. The Morgan fingerprint density at radius 3 is 2.43 bits per heavy atom. The first-order chi connectivity index (χ1) is 10.1. The zero-order valence-corrected chi connectivity index (χ0v) is 12.7. The number of hydrogen-bond acceptors (Lipinski definition) is 4. The summed E-state index contributed by atoms with van der Waals surface area (Å²) in [5.74, 6) is -1.74. The van der Waals surface area contributed by atoms with E-state index in [1.165, 1.54) is 25.7 Å². The smallest absolute Gasteiger partial charge is 0.351 e. The van der Waals surface area contributed by atoms with Gasteiger partial charge in [0.05, 0.1) is 0 Å². The predicted molar refractivity (Wildman–Crippen MR) is 81.6 cm³/mol. The van der Waals surface area contributed by atoms with Crippen LogP contribution in [0.25, 0.3) is 0 Å². The normalized spacial score (nSPS) is 15.1. The Balaban J connectivity index is 2.21. The molecule has 0 aromatic heterocycles. The number of carbonyl (C=O) groups is 2. The van der Waals surface area contributed by atoms with E-state index in [9.17, 15) is 14.7 Å². The van der Waals surface area contributed by atoms with Crippen LogP contribution >= 0.6 is 0 Å². The molecule has 1 N–H and O–H groups in total. The molecule has 0 saturated heterocycles. The van der Waals surface area contributed by atoms with Crippen molar-refractivity contribution in [2.75, 3.05) is 0 Å². The van der Waals surface area contributed by atoms with Crippen molar-refractivity contribution in [3.05, 3.63) is 35.8 Å². The lowest BCUT2D eigenvalue weighted by Gasteiger charge is -1.98.